The van der Waals surface area contributed by atoms with E-state index in [0.29, 0.717) is 31.0 Å². The number of methoxy groups -OCH3 is 1. The molecule has 1 fully saturated rings. The SMILES string of the molecule is CCC(Oc1ccccc1OC)C(=O)N1CCc2nc(C3CCCN3)ncc2C1. The summed E-state index contributed by atoms with van der Waals surface area (Å²) in [6, 6.07) is 7.68. The van der Waals surface area contributed by atoms with Crippen molar-refractivity contribution in [2.75, 3.05) is 20.2 Å². The van der Waals surface area contributed by atoms with Crippen molar-refractivity contribution in [3.8, 4) is 11.5 Å². The zero-order valence-corrected chi connectivity index (χ0v) is 17.1. The lowest BCUT2D eigenvalue weighted by Crippen LogP contribution is -2.44. The van der Waals surface area contributed by atoms with Crippen molar-refractivity contribution in [2.24, 2.45) is 0 Å². The normalized spacial score (nSPS) is 19.5. The summed E-state index contributed by atoms with van der Waals surface area (Å²) in [4.78, 5) is 24.3. The fourth-order valence-electron chi connectivity index (χ4n) is 3.97. The monoisotopic (exact) mass is 396 g/mol. The van der Waals surface area contributed by atoms with Gasteiger partial charge in [0.15, 0.2) is 17.6 Å². The minimum Gasteiger partial charge on any atom is -0.493 e. The van der Waals surface area contributed by atoms with E-state index in [1.807, 2.05) is 42.3 Å². The molecule has 2 atom stereocenters. The molecule has 0 spiro atoms. The molecule has 4 rings (SSSR count). The van der Waals surface area contributed by atoms with Gasteiger partial charge in [-0.3, -0.25) is 4.79 Å². The number of carbonyl (C=O) groups is 1. The second-order valence-corrected chi connectivity index (χ2v) is 7.52. The van der Waals surface area contributed by atoms with Gasteiger partial charge in [-0.25, -0.2) is 9.97 Å². The Morgan fingerprint density at radius 1 is 1.34 bits per heavy atom. The van der Waals surface area contributed by atoms with Crippen molar-refractivity contribution in [1.82, 2.24) is 20.2 Å². The molecule has 1 amide bonds. The first-order chi connectivity index (χ1) is 14.2. The highest BCUT2D eigenvalue weighted by Gasteiger charge is 2.30. The fourth-order valence-corrected chi connectivity index (χ4v) is 3.97. The second-order valence-electron chi connectivity index (χ2n) is 7.52. The van der Waals surface area contributed by atoms with Gasteiger partial charge < -0.3 is 19.7 Å². The van der Waals surface area contributed by atoms with Crippen LogP contribution in [0.3, 0.4) is 0 Å². The maximum Gasteiger partial charge on any atom is 0.263 e. The summed E-state index contributed by atoms with van der Waals surface area (Å²) in [6.45, 7) is 4.16. The Morgan fingerprint density at radius 2 is 2.17 bits per heavy atom. The fraction of sp³-hybridized carbons (Fsp3) is 0.500. The highest BCUT2D eigenvalue weighted by molar-refractivity contribution is 5.81. The second kappa shape index (κ2) is 8.78. The van der Waals surface area contributed by atoms with E-state index in [-0.39, 0.29) is 11.9 Å². The average molecular weight is 396 g/mol. The molecule has 1 aromatic carbocycles. The van der Waals surface area contributed by atoms with E-state index in [0.717, 1.165) is 42.9 Å². The van der Waals surface area contributed by atoms with Crippen LogP contribution in [-0.4, -0.2) is 47.1 Å². The van der Waals surface area contributed by atoms with Crippen LogP contribution < -0.4 is 14.8 Å². The molecule has 0 bridgehead atoms. The Bertz CT molecular complexity index is 867. The first kappa shape index (κ1) is 19.6. The van der Waals surface area contributed by atoms with Crippen molar-refractivity contribution < 1.29 is 14.3 Å². The summed E-state index contributed by atoms with van der Waals surface area (Å²) in [5.74, 6) is 2.09. The largest absolute Gasteiger partial charge is 0.493 e. The Hall–Kier alpha value is -2.67. The summed E-state index contributed by atoms with van der Waals surface area (Å²) < 4.78 is 11.4. The zero-order chi connectivity index (χ0) is 20.2. The lowest BCUT2D eigenvalue weighted by molar-refractivity contribution is -0.139. The van der Waals surface area contributed by atoms with Gasteiger partial charge in [-0.1, -0.05) is 19.1 Å². The molecule has 1 N–H and O–H groups in total. The number of para-hydroxylation sites is 2. The van der Waals surface area contributed by atoms with Gasteiger partial charge in [0, 0.05) is 31.3 Å². The lowest BCUT2D eigenvalue weighted by Gasteiger charge is -2.31. The van der Waals surface area contributed by atoms with Crippen molar-refractivity contribution >= 4 is 5.91 Å². The van der Waals surface area contributed by atoms with Gasteiger partial charge in [-0.15, -0.1) is 0 Å². The Kier molecular flexibility index (Phi) is 5.94. The van der Waals surface area contributed by atoms with Crippen LogP contribution in [0.2, 0.25) is 0 Å². The number of hydrogen-bond donors (Lipinski definition) is 1. The molecule has 7 nitrogen and oxygen atoms in total. The van der Waals surface area contributed by atoms with Gasteiger partial charge in [-0.2, -0.15) is 0 Å². The molecule has 0 saturated carbocycles. The number of hydrogen-bond acceptors (Lipinski definition) is 6. The Labute approximate surface area is 171 Å². The predicted molar refractivity (Wildman–Crippen MR) is 109 cm³/mol. The summed E-state index contributed by atoms with van der Waals surface area (Å²) in [5.41, 5.74) is 2.09. The van der Waals surface area contributed by atoms with Crippen molar-refractivity contribution in [3.05, 3.63) is 47.5 Å². The molecule has 2 aromatic rings. The molecule has 2 unspecified atom stereocenters. The van der Waals surface area contributed by atoms with E-state index >= 15 is 0 Å². The molecule has 0 aliphatic carbocycles. The van der Waals surface area contributed by atoms with E-state index in [9.17, 15) is 4.79 Å². The van der Waals surface area contributed by atoms with E-state index in [1.165, 1.54) is 0 Å². The number of benzene rings is 1. The summed E-state index contributed by atoms with van der Waals surface area (Å²) >= 11 is 0. The number of aromatic nitrogens is 2. The topological polar surface area (TPSA) is 76.6 Å². The Morgan fingerprint density at radius 3 is 2.90 bits per heavy atom. The number of nitrogens with zero attached hydrogens (tertiary/aromatic N) is 3. The van der Waals surface area contributed by atoms with Gasteiger partial charge >= 0.3 is 0 Å². The maximum absolute atomic E-state index is 13.1. The van der Waals surface area contributed by atoms with Crippen molar-refractivity contribution in [1.29, 1.82) is 0 Å². The molecule has 2 aliphatic heterocycles. The molecule has 0 radical (unpaired) electrons. The third-order valence-electron chi connectivity index (χ3n) is 5.62. The van der Waals surface area contributed by atoms with Crippen LogP contribution in [0.15, 0.2) is 30.5 Å². The summed E-state index contributed by atoms with van der Waals surface area (Å²) in [7, 11) is 1.60. The first-order valence-electron chi connectivity index (χ1n) is 10.4. The standard InChI is InChI=1S/C22H28N4O3/c1-3-18(29-20-9-5-4-8-19(20)28-2)22(27)26-12-10-16-15(14-26)13-24-21(25-16)17-7-6-11-23-17/h4-5,8-9,13,17-18,23H,3,6-7,10-12,14H2,1-2H3. The van der Waals surface area contributed by atoms with Gasteiger partial charge in [0.1, 0.15) is 5.82 Å². The van der Waals surface area contributed by atoms with Gasteiger partial charge in [0.25, 0.3) is 5.91 Å². The number of nitrogens with one attached hydrogen (secondary N) is 1. The lowest BCUT2D eigenvalue weighted by atomic mass is 10.1. The van der Waals surface area contributed by atoms with E-state index in [2.05, 4.69) is 10.3 Å². The number of fused-ring (bicyclic) bond motifs is 1. The predicted octanol–water partition coefficient (Wildman–Crippen LogP) is 2.65. The van der Waals surface area contributed by atoms with E-state index < -0.39 is 6.10 Å². The summed E-state index contributed by atoms with van der Waals surface area (Å²) in [5, 5.41) is 3.45. The molecule has 2 aliphatic rings. The van der Waals surface area contributed by atoms with Crippen molar-refractivity contribution in [2.45, 2.75) is 51.3 Å². The van der Waals surface area contributed by atoms with Crippen LogP contribution in [0.25, 0.3) is 0 Å². The third-order valence-corrected chi connectivity index (χ3v) is 5.62. The average Bonchev–Trinajstić information content (AvgIpc) is 3.31. The summed E-state index contributed by atoms with van der Waals surface area (Å²) in [6.07, 6.45) is 4.92. The van der Waals surface area contributed by atoms with E-state index in [4.69, 9.17) is 14.5 Å². The van der Waals surface area contributed by atoms with Crippen LogP contribution in [0.5, 0.6) is 11.5 Å². The Balaban J connectivity index is 1.45. The maximum atomic E-state index is 13.1. The quantitative estimate of drug-likeness (QED) is 0.809. The molecule has 1 saturated heterocycles. The number of rotatable bonds is 6. The molecule has 154 valence electrons. The van der Waals surface area contributed by atoms with Crippen LogP contribution in [0, 0.1) is 0 Å². The van der Waals surface area contributed by atoms with Crippen LogP contribution >= 0.6 is 0 Å². The molecule has 1 aromatic heterocycles. The van der Waals surface area contributed by atoms with Gasteiger partial charge in [0.2, 0.25) is 0 Å². The number of amides is 1. The number of ether oxygens (including phenoxy) is 2. The van der Waals surface area contributed by atoms with Crippen LogP contribution in [0.1, 0.15) is 49.3 Å². The minimum absolute atomic E-state index is 0.00871. The number of carbonyl (C=O) groups excluding carboxylic acids is 1. The first-order valence-corrected chi connectivity index (χ1v) is 10.4. The smallest absolute Gasteiger partial charge is 0.263 e. The zero-order valence-electron chi connectivity index (χ0n) is 17.1. The minimum atomic E-state index is -0.546. The molecular formula is C22H28N4O3. The molecule has 7 heteroatoms. The molecule has 29 heavy (non-hydrogen) atoms. The van der Waals surface area contributed by atoms with Crippen LogP contribution in [-0.2, 0) is 17.8 Å². The van der Waals surface area contributed by atoms with Crippen molar-refractivity contribution in [3.63, 3.8) is 0 Å². The van der Waals surface area contributed by atoms with E-state index in [1.54, 1.807) is 7.11 Å². The van der Waals surface area contributed by atoms with Gasteiger partial charge in [-0.05, 0) is 37.9 Å². The molecule has 3 heterocycles. The van der Waals surface area contributed by atoms with Crippen LogP contribution in [0.4, 0.5) is 0 Å². The highest BCUT2D eigenvalue weighted by Crippen LogP contribution is 2.28. The molecular weight excluding hydrogens is 368 g/mol. The highest BCUT2D eigenvalue weighted by atomic mass is 16.5. The van der Waals surface area contributed by atoms with Gasteiger partial charge in [0.05, 0.1) is 18.8 Å². The third kappa shape index (κ3) is 4.19.